The second-order valence-electron chi connectivity index (χ2n) is 2.98. The van der Waals surface area contributed by atoms with E-state index in [0.29, 0.717) is 23.7 Å². The highest BCUT2D eigenvalue weighted by Gasteiger charge is 2.09. The number of carboxylic acid groups (broad SMARTS) is 1. The van der Waals surface area contributed by atoms with E-state index in [9.17, 15) is 4.79 Å². The highest BCUT2D eigenvalue weighted by Crippen LogP contribution is 2.24. The van der Waals surface area contributed by atoms with Crippen molar-refractivity contribution >= 4 is 5.97 Å². The van der Waals surface area contributed by atoms with E-state index in [1.807, 2.05) is 6.92 Å². The maximum absolute atomic E-state index is 10.6. The van der Waals surface area contributed by atoms with Gasteiger partial charge in [-0.25, -0.2) is 0 Å². The molecule has 0 aliphatic rings. The fourth-order valence-corrected chi connectivity index (χ4v) is 1.28. The maximum Gasteiger partial charge on any atom is 0.307 e. The van der Waals surface area contributed by atoms with Gasteiger partial charge in [-0.05, 0) is 25.1 Å². The van der Waals surface area contributed by atoms with Gasteiger partial charge < -0.3 is 14.6 Å². The molecule has 0 aliphatic carbocycles. The number of carboxylic acids is 1. The number of carbonyl (C=O) groups is 1. The van der Waals surface area contributed by atoms with Crippen molar-refractivity contribution in [2.45, 2.75) is 13.3 Å². The molecule has 1 N–H and O–H groups in total. The van der Waals surface area contributed by atoms with Gasteiger partial charge in [0.25, 0.3) is 0 Å². The Morgan fingerprint density at radius 2 is 2.20 bits per heavy atom. The lowest BCUT2D eigenvalue weighted by Gasteiger charge is -2.10. The molecule has 0 heterocycles. The van der Waals surface area contributed by atoms with Gasteiger partial charge in [-0.15, -0.1) is 0 Å². The quantitative estimate of drug-likeness (QED) is 0.804. The smallest absolute Gasteiger partial charge is 0.307 e. The number of hydrogen-bond donors (Lipinski definition) is 1. The fraction of sp³-hybridized carbons (Fsp3) is 0.364. The van der Waals surface area contributed by atoms with Crippen LogP contribution in [0.15, 0.2) is 18.2 Å². The first-order valence-corrected chi connectivity index (χ1v) is 4.69. The summed E-state index contributed by atoms with van der Waals surface area (Å²) < 4.78 is 10.3. The van der Waals surface area contributed by atoms with E-state index in [-0.39, 0.29) is 6.42 Å². The van der Waals surface area contributed by atoms with E-state index < -0.39 is 5.97 Å². The molecule has 1 aromatic rings. The first-order chi connectivity index (χ1) is 7.17. The first-order valence-electron chi connectivity index (χ1n) is 4.69. The molecule has 0 saturated heterocycles. The Morgan fingerprint density at radius 1 is 1.47 bits per heavy atom. The van der Waals surface area contributed by atoms with Crippen LogP contribution in [0.5, 0.6) is 11.5 Å². The largest absolute Gasteiger partial charge is 0.497 e. The standard InChI is InChI=1S/C11H14O4/c1-3-15-10-5-4-9(14-2)6-8(10)7-11(12)13/h4-6H,3,7H2,1-2H3,(H,12,13). The summed E-state index contributed by atoms with van der Waals surface area (Å²) >= 11 is 0. The van der Waals surface area contributed by atoms with Gasteiger partial charge >= 0.3 is 5.97 Å². The summed E-state index contributed by atoms with van der Waals surface area (Å²) in [5.74, 6) is 0.347. The molecule has 0 spiro atoms. The van der Waals surface area contributed by atoms with Crippen molar-refractivity contribution in [2.75, 3.05) is 13.7 Å². The highest BCUT2D eigenvalue weighted by atomic mass is 16.5. The van der Waals surface area contributed by atoms with Gasteiger partial charge in [0.2, 0.25) is 0 Å². The van der Waals surface area contributed by atoms with Crippen molar-refractivity contribution in [1.29, 1.82) is 0 Å². The molecule has 1 rings (SSSR count). The minimum absolute atomic E-state index is 0.0630. The molecule has 0 atom stereocenters. The Kier molecular flexibility index (Phi) is 3.97. The van der Waals surface area contributed by atoms with E-state index in [2.05, 4.69) is 0 Å². The molecular weight excluding hydrogens is 196 g/mol. The lowest BCUT2D eigenvalue weighted by Crippen LogP contribution is -2.04. The van der Waals surface area contributed by atoms with Crippen LogP contribution in [-0.4, -0.2) is 24.8 Å². The van der Waals surface area contributed by atoms with E-state index >= 15 is 0 Å². The van der Waals surface area contributed by atoms with Gasteiger partial charge in [-0.1, -0.05) is 0 Å². The van der Waals surface area contributed by atoms with Crippen LogP contribution < -0.4 is 9.47 Å². The summed E-state index contributed by atoms with van der Waals surface area (Å²) in [6.45, 7) is 2.37. The van der Waals surface area contributed by atoms with E-state index in [4.69, 9.17) is 14.6 Å². The Morgan fingerprint density at radius 3 is 2.73 bits per heavy atom. The van der Waals surface area contributed by atoms with E-state index in [0.717, 1.165) is 0 Å². The van der Waals surface area contributed by atoms with Gasteiger partial charge in [-0.2, -0.15) is 0 Å². The zero-order valence-electron chi connectivity index (χ0n) is 8.82. The van der Waals surface area contributed by atoms with Crippen LogP contribution in [-0.2, 0) is 11.2 Å². The molecule has 4 nitrogen and oxygen atoms in total. The van der Waals surface area contributed by atoms with E-state index in [1.165, 1.54) is 0 Å². The minimum Gasteiger partial charge on any atom is -0.497 e. The third-order valence-corrected chi connectivity index (χ3v) is 1.91. The average Bonchev–Trinajstić information content (AvgIpc) is 2.20. The molecular formula is C11H14O4. The first kappa shape index (κ1) is 11.4. The molecule has 0 radical (unpaired) electrons. The predicted molar refractivity (Wildman–Crippen MR) is 55.5 cm³/mol. The zero-order chi connectivity index (χ0) is 11.3. The van der Waals surface area contributed by atoms with Crippen molar-refractivity contribution in [1.82, 2.24) is 0 Å². The third kappa shape index (κ3) is 3.16. The van der Waals surface area contributed by atoms with Crippen LogP contribution in [0.2, 0.25) is 0 Å². The Hall–Kier alpha value is -1.71. The van der Waals surface area contributed by atoms with Crippen LogP contribution in [0.25, 0.3) is 0 Å². The number of methoxy groups -OCH3 is 1. The zero-order valence-corrected chi connectivity index (χ0v) is 8.82. The number of hydrogen-bond acceptors (Lipinski definition) is 3. The molecule has 0 fully saturated rings. The second-order valence-corrected chi connectivity index (χ2v) is 2.98. The van der Waals surface area contributed by atoms with Crippen LogP contribution in [0.3, 0.4) is 0 Å². The molecule has 0 bridgehead atoms. The summed E-state index contributed by atoms with van der Waals surface area (Å²) in [4.78, 5) is 10.6. The van der Waals surface area contributed by atoms with Crippen molar-refractivity contribution in [3.8, 4) is 11.5 Å². The van der Waals surface area contributed by atoms with Crippen LogP contribution in [0.4, 0.5) is 0 Å². The number of aliphatic carboxylic acids is 1. The number of benzene rings is 1. The van der Waals surface area contributed by atoms with Crippen molar-refractivity contribution < 1.29 is 19.4 Å². The Bertz CT molecular complexity index is 346. The minimum atomic E-state index is -0.885. The fourth-order valence-electron chi connectivity index (χ4n) is 1.28. The molecule has 4 heteroatoms. The molecule has 0 saturated carbocycles. The Labute approximate surface area is 88.4 Å². The SMILES string of the molecule is CCOc1ccc(OC)cc1CC(=O)O. The van der Waals surface area contributed by atoms with Gasteiger partial charge in [-0.3, -0.25) is 4.79 Å². The summed E-state index contributed by atoms with van der Waals surface area (Å²) in [5, 5.41) is 8.73. The topological polar surface area (TPSA) is 55.8 Å². The van der Waals surface area contributed by atoms with Gasteiger partial charge in [0.05, 0.1) is 20.1 Å². The summed E-state index contributed by atoms with van der Waals surface area (Å²) in [5.41, 5.74) is 0.628. The van der Waals surface area contributed by atoms with E-state index in [1.54, 1.807) is 25.3 Å². The normalized spacial score (nSPS) is 9.73. The predicted octanol–water partition coefficient (Wildman–Crippen LogP) is 1.72. The third-order valence-electron chi connectivity index (χ3n) is 1.91. The van der Waals surface area contributed by atoms with Crippen molar-refractivity contribution in [3.63, 3.8) is 0 Å². The number of ether oxygens (including phenoxy) is 2. The summed E-state index contributed by atoms with van der Waals surface area (Å²) in [6, 6.07) is 5.15. The number of rotatable bonds is 5. The molecule has 15 heavy (non-hydrogen) atoms. The molecule has 0 amide bonds. The summed E-state index contributed by atoms with van der Waals surface area (Å²) in [6.07, 6.45) is -0.0630. The van der Waals surface area contributed by atoms with Gasteiger partial charge in [0.15, 0.2) is 0 Å². The second kappa shape index (κ2) is 5.24. The van der Waals surface area contributed by atoms with Crippen molar-refractivity contribution in [2.24, 2.45) is 0 Å². The average molecular weight is 210 g/mol. The molecule has 0 aliphatic heterocycles. The van der Waals surface area contributed by atoms with Crippen molar-refractivity contribution in [3.05, 3.63) is 23.8 Å². The maximum atomic E-state index is 10.6. The molecule has 0 unspecified atom stereocenters. The molecule has 82 valence electrons. The highest BCUT2D eigenvalue weighted by molar-refractivity contribution is 5.71. The van der Waals surface area contributed by atoms with Gasteiger partial charge in [0, 0.05) is 5.56 Å². The summed E-state index contributed by atoms with van der Waals surface area (Å²) in [7, 11) is 1.54. The molecule has 1 aromatic carbocycles. The lowest BCUT2D eigenvalue weighted by molar-refractivity contribution is -0.136. The van der Waals surface area contributed by atoms with Crippen LogP contribution in [0, 0.1) is 0 Å². The Balaban J connectivity index is 2.98. The monoisotopic (exact) mass is 210 g/mol. The van der Waals surface area contributed by atoms with Crippen LogP contribution in [0.1, 0.15) is 12.5 Å². The van der Waals surface area contributed by atoms with Crippen LogP contribution >= 0.6 is 0 Å². The van der Waals surface area contributed by atoms with Gasteiger partial charge in [0.1, 0.15) is 11.5 Å². The lowest BCUT2D eigenvalue weighted by atomic mass is 10.1. The molecule has 0 aromatic heterocycles.